The van der Waals surface area contributed by atoms with E-state index in [9.17, 15) is 24.0 Å². The molecule has 0 aliphatic carbocycles. The monoisotopic (exact) mass is 965 g/mol. The van der Waals surface area contributed by atoms with Crippen molar-refractivity contribution in [2.45, 2.75) is 67.0 Å². The van der Waals surface area contributed by atoms with E-state index in [2.05, 4.69) is 88.3 Å². The van der Waals surface area contributed by atoms with E-state index in [4.69, 9.17) is 9.72 Å². The maximum Gasteiger partial charge on any atom is 0.255 e. The summed E-state index contributed by atoms with van der Waals surface area (Å²) in [7, 11) is 0. The fourth-order valence-corrected chi connectivity index (χ4v) is 9.30. The van der Waals surface area contributed by atoms with Crippen LogP contribution in [0, 0.1) is 12.8 Å². The molecule has 3 fully saturated rings. The number of amides is 3. The predicted octanol–water partition coefficient (Wildman–Crippen LogP) is 5.71. The van der Waals surface area contributed by atoms with Crippen LogP contribution in [-0.4, -0.2) is 137 Å². The van der Waals surface area contributed by atoms with Crippen molar-refractivity contribution in [3.05, 3.63) is 112 Å². The third kappa shape index (κ3) is 12.1. The number of allylic oxidation sites excluding steroid dienone is 1. The maximum absolute atomic E-state index is 13.5. The van der Waals surface area contributed by atoms with Crippen LogP contribution >= 0.6 is 0 Å². The molecule has 9 rings (SSSR count). The van der Waals surface area contributed by atoms with Gasteiger partial charge in [-0.05, 0) is 82.0 Å². The number of hydrogen-bond donors (Lipinski definition) is 3. The van der Waals surface area contributed by atoms with Crippen molar-refractivity contribution < 1.29 is 28.7 Å². The van der Waals surface area contributed by atoms with Gasteiger partial charge in [-0.15, -0.1) is 0 Å². The number of piperidine rings is 1. The standard InChI is InChI=1S/C47H55N11O4.C6H9NO2/c1-6-36(46(61)57-22-20-56(21-23-57)39-11-12-40(32(3)59)41(25-39)33(4)60)26-49-34(5)55-18-16-54(17-19-55)29-35-7-9-38(10-8-35)52-47-51-27-37-13-15-58(30-42(37)53-47)43-28-50-45-44(31(43)2)48-14-24-62-45;1-4-2-3-5(8)7-6(4)9/h6-12,25-28,48H,5,13-24,29-30H2,1-4H3,(H,51,52,53);4H,2-3H2,1H3,(H,7,8,9)/b36-6+,49-26-;. The Morgan fingerprint density at radius 1 is 0.887 bits per heavy atom. The van der Waals surface area contributed by atoms with Gasteiger partial charge in [0.2, 0.25) is 23.6 Å². The van der Waals surface area contributed by atoms with E-state index in [1.165, 1.54) is 25.0 Å². The van der Waals surface area contributed by atoms with Crippen molar-refractivity contribution in [2.24, 2.45) is 10.9 Å². The molecule has 0 bridgehead atoms. The number of piperazine rings is 2. The largest absolute Gasteiger partial charge is 0.474 e. The quantitative estimate of drug-likeness (QED) is 0.0675. The molecular formula is C53H64N12O6. The van der Waals surface area contributed by atoms with Crippen molar-refractivity contribution in [1.29, 1.82) is 0 Å². The summed E-state index contributed by atoms with van der Waals surface area (Å²) < 4.78 is 5.74. The third-order valence-electron chi connectivity index (χ3n) is 13.7. The van der Waals surface area contributed by atoms with Crippen LogP contribution < -0.4 is 30.5 Å². The van der Waals surface area contributed by atoms with Gasteiger partial charge < -0.3 is 35.0 Å². The number of benzene rings is 2. The van der Waals surface area contributed by atoms with Gasteiger partial charge in [-0.2, -0.15) is 0 Å². The lowest BCUT2D eigenvalue weighted by Crippen LogP contribution is -2.49. The highest BCUT2D eigenvalue weighted by Crippen LogP contribution is 2.36. The molecule has 5 aliphatic heterocycles. The lowest BCUT2D eigenvalue weighted by Gasteiger charge is -2.36. The smallest absolute Gasteiger partial charge is 0.255 e. The fourth-order valence-electron chi connectivity index (χ4n) is 9.30. The number of ether oxygens (including phenoxy) is 1. The van der Waals surface area contributed by atoms with Crippen LogP contribution in [0.25, 0.3) is 0 Å². The van der Waals surface area contributed by atoms with Crippen LogP contribution in [0.2, 0.25) is 0 Å². The second-order valence-electron chi connectivity index (χ2n) is 18.5. The van der Waals surface area contributed by atoms with Gasteiger partial charge in [0.25, 0.3) is 5.91 Å². The van der Waals surface area contributed by atoms with E-state index in [0.717, 1.165) is 86.2 Å². The van der Waals surface area contributed by atoms with Gasteiger partial charge in [-0.1, -0.05) is 31.7 Å². The fraction of sp³-hybridized carbons (Fsp3) is 0.415. The summed E-state index contributed by atoms with van der Waals surface area (Å²) >= 11 is 0. The number of hydrogen-bond acceptors (Lipinski definition) is 16. The van der Waals surface area contributed by atoms with Crippen LogP contribution in [0.1, 0.15) is 83.6 Å². The lowest BCUT2D eigenvalue weighted by molar-refractivity contribution is -0.136. The minimum Gasteiger partial charge on any atom is -0.474 e. The van der Waals surface area contributed by atoms with E-state index in [-0.39, 0.29) is 35.2 Å². The van der Waals surface area contributed by atoms with Gasteiger partial charge in [0, 0.05) is 125 Å². The molecule has 0 spiro atoms. The summed E-state index contributed by atoms with van der Waals surface area (Å²) in [5.74, 6) is 1.29. The van der Waals surface area contributed by atoms with Gasteiger partial charge in [0.15, 0.2) is 11.6 Å². The zero-order valence-electron chi connectivity index (χ0n) is 41.4. The first-order valence-electron chi connectivity index (χ1n) is 24.5. The lowest BCUT2D eigenvalue weighted by atomic mass is 10.00. The molecule has 18 nitrogen and oxygen atoms in total. The number of imide groups is 1. The molecule has 2 aromatic heterocycles. The van der Waals surface area contributed by atoms with Gasteiger partial charge in [0.05, 0.1) is 29.7 Å². The Hall–Kier alpha value is -7.47. The summed E-state index contributed by atoms with van der Waals surface area (Å²) in [6, 6.07) is 13.8. The molecule has 2 aromatic carbocycles. The number of nitrogens with zero attached hydrogens (tertiary/aromatic N) is 9. The summed E-state index contributed by atoms with van der Waals surface area (Å²) in [6.07, 6.45) is 9.34. The number of fused-ring (bicyclic) bond motifs is 2. The van der Waals surface area contributed by atoms with E-state index >= 15 is 0 Å². The molecule has 1 atom stereocenters. The first kappa shape index (κ1) is 49.9. The zero-order chi connectivity index (χ0) is 50.2. The van der Waals surface area contributed by atoms with E-state index in [1.807, 2.05) is 37.2 Å². The number of Topliss-reactive ketones (excluding diaryl/α,β-unsaturated/α-hetero) is 2. The Bertz CT molecular complexity index is 2740. The minimum atomic E-state index is -0.141. The van der Waals surface area contributed by atoms with Crippen LogP contribution in [0.5, 0.6) is 5.88 Å². The van der Waals surface area contributed by atoms with Crippen molar-refractivity contribution in [3.63, 3.8) is 0 Å². The Labute approximate surface area is 415 Å². The molecule has 5 aliphatic rings. The molecule has 7 heterocycles. The van der Waals surface area contributed by atoms with Crippen molar-refractivity contribution >= 4 is 64.2 Å². The normalized spacial score (nSPS) is 18.3. The van der Waals surface area contributed by atoms with Crippen LogP contribution in [0.4, 0.5) is 28.7 Å². The molecule has 4 aromatic rings. The van der Waals surface area contributed by atoms with Crippen LogP contribution in [-0.2, 0) is 33.9 Å². The molecule has 3 amide bonds. The highest BCUT2D eigenvalue weighted by molar-refractivity contribution is 6.12. The van der Waals surface area contributed by atoms with Crippen LogP contribution in [0.15, 0.2) is 83.9 Å². The number of anilines is 5. The Morgan fingerprint density at radius 2 is 1.62 bits per heavy atom. The van der Waals surface area contributed by atoms with Crippen molar-refractivity contribution in [1.82, 2.24) is 35.0 Å². The molecule has 71 heavy (non-hydrogen) atoms. The number of aromatic nitrogens is 3. The van der Waals surface area contributed by atoms with Crippen molar-refractivity contribution in [3.8, 4) is 5.88 Å². The zero-order valence-corrected chi connectivity index (χ0v) is 41.4. The van der Waals surface area contributed by atoms with Crippen LogP contribution in [0.3, 0.4) is 0 Å². The molecule has 0 radical (unpaired) electrons. The third-order valence-corrected chi connectivity index (χ3v) is 13.7. The number of aliphatic imine (C=N–C) groups is 1. The van der Waals surface area contributed by atoms with Gasteiger partial charge in [-0.3, -0.25) is 34.2 Å². The minimum absolute atomic E-state index is 0.0164. The predicted molar refractivity (Wildman–Crippen MR) is 275 cm³/mol. The summed E-state index contributed by atoms with van der Waals surface area (Å²) in [5, 5.41) is 9.10. The molecule has 372 valence electrons. The number of carbonyl (C=O) groups excluding carboxylic acids is 5. The number of ketones is 2. The molecule has 3 N–H and O–H groups in total. The van der Waals surface area contributed by atoms with E-state index in [0.29, 0.717) is 86.5 Å². The summed E-state index contributed by atoms with van der Waals surface area (Å²) in [6.45, 7) is 22.3. The molecule has 3 saturated heterocycles. The van der Waals surface area contributed by atoms with E-state index < -0.39 is 0 Å². The SMILES string of the molecule is C=C(/N=C\C(=C/C)C(=O)N1CCN(c2ccc(C(C)=O)c(C(C)=O)c2)CC1)N1CCN(Cc2ccc(Nc3ncc4c(n3)CN(c3cnc5c(c3C)NCCO5)CC4)cc2)CC1.CC1CCC(=O)NC1=O. The second-order valence-corrected chi connectivity index (χ2v) is 18.5. The highest BCUT2D eigenvalue weighted by atomic mass is 16.5. The number of pyridine rings is 1. The Kier molecular flexibility index (Phi) is 15.8. The average Bonchev–Trinajstić information content (AvgIpc) is 3.38. The summed E-state index contributed by atoms with van der Waals surface area (Å²) in [5.41, 5.74) is 9.81. The molecule has 1 unspecified atom stereocenters. The Balaban J connectivity index is 0.000000677. The maximum atomic E-state index is 13.5. The number of carbonyl (C=O) groups is 5. The van der Waals surface area contributed by atoms with Crippen molar-refractivity contribution in [2.75, 3.05) is 92.5 Å². The van der Waals surface area contributed by atoms with Gasteiger partial charge >= 0.3 is 0 Å². The molecule has 18 heteroatoms. The highest BCUT2D eigenvalue weighted by Gasteiger charge is 2.27. The first-order chi connectivity index (χ1) is 34.2. The molecule has 0 saturated carbocycles. The topological polar surface area (TPSA) is 198 Å². The van der Waals surface area contributed by atoms with Gasteiger partial charge in [-0.25, -0.2) is 19.9 Å². The first-order valence-corrected chi connectivity index (χ1v) is 24.5. The average molecular weight is 965 g/mol. The molecular weight excluding hydrogens is 901 g/mol. The number of nitrogens with one attached hydrogen (secondary N) is 3. The number of rotatable bonds is 12. The van der Waals surface area contributed by atoms with E-state index in [1.54, 1.807) is 24.4 Å². The van der Waals surface area contributed by atoms with Gasteiger partial charge in [0.1, 0.15) is 18.1 Å². The Morgan fingerprint density at radius 3 is 2.31 bits per heavy atom. The summed E-state index contributed by atoms with van der Waals surface area (Å²) in [4.78, 5) is 88.6. The second kappa shape index (κ2) is 22.5.